The van der Waals surface area contributed by atoms with Crippen molar-refractivity contribution in [2.24, 2.45) is 5.92 Å². The average molecular weight is 904 g/mol. The fraction of sp³-hybridized carbons (Fsp3) is 0.553. The van der Waals surface area contributed by atoms with Gasteiger partial charge in [0.05, 0.1) is 0 Å². The maximum atomic E-state index is 14.4. The van der Waals surface area contributed by atoms with Crippen molar-refractivity contribution < 1.29 is 73.1 Å². The molecule has 271 valence electrons. The number of hydrogen-bond acceptors (Lipinski definition) is 5. The van der Waals surface area contributed by atoms with Gasteiger partial charge in [-0.15, -0.1) is 0 Å². The normalized spacial score (nSPS) is 16.1. The van der Waals surface area contributed by atoms with Crippen LogP contribution in [0.15, 0.2) is 60.7 Å². The zero-order valence-electron chi connectivity index (χ0n) is 29.7. The number of hydrogen-bond donors (Lipinski definition) is 5. The minimum absolute atomic E-state index is 0. The van der Waals surface area contributed by atoms with Crippen molar-refractivity contribution in [3.63, 3.8) is 0 Å². The average Bonchev–Trinajstić information content (AvgIpc) is 3.11. The van der Waals surface area contributed by atoms with Crippen LogP contribution in [0.4, 0.5) is 0 Å². The molecule has 0 bridgehead atoms. The summed E-state index contributed by atoms with van der Waals surface area (Å²) in [6, 6.07) is 13.2. The molecule has 0 spiro atoms. The van der Waals surface area contributed by atoms with Crippen molar-refractivity contribution in [3.8, 4) is 0 Å². The van der Waals surface area contributed by atoms with E-state index in [9.17, 15) is 29.1 Å². The number of aliphatic carboxylic acids is 1. The van der Waals surface area contributed by atoms with Gasteiger partial charge in [-0.1, -0.05) is 139 Å². The minimum Gasteiger partial charge on any atom is -0.667 e. The van der Waals surface area contributed by atoms with E-state index in [4.69, 9.17) is 5.73 Å². The van der Waals surface area contributed by atoms with Gasteiger partial charge in [0.2, 0.25) is 23.6 Å². The second-order valence-electron chi connectivity index (χ2n) is 13.1. The Hall–Kier alpha value is -2.81. The van der Waals surface area contributed by atoms with Crippen LogP contribution >= 0.6 is 0 Å². The smallest absolute Gasteiger partial charge is 0.326 e. The first kappa shape index (κ1) is 43.4. The molecule has 1 aliphatic rings. The van der Waals surface area contributed by atoms with Gasteiger partial charge in [0.15, 0.2) is 0 Å². The Kier molecular flexibility index (Phi) is 19.9. The van der Waals surface area contributed by atoms with Crippen LogP contribution in [0.3, 0.4) is 0 Å². The molecular weight excluding hydrogens is 849 g/mol. The first-order valence-electron chi connectivity index (χ1n) is 17.8. The van der Waals surface area contributed by atoms with Crippen molar-refractivity contribution in [1.82, 2.24) is 21.3 Å². The Morgan fingerprint density at radius 3 is 1.60 bits per heavy atom. The van der Waals surface area contributed by atoms with Crippen molar-refractivity contribution in [1.29, 1.82) is 0 Å². The van der Waals surface area contributed by atoms with E-state index in [0.29, 0.717) is 25.7 Å². The standard InChI is InChI=1S/C38H54N5O6.Ac/c1-4-16-29(35(45)42-31(38(48)49)24-25-18-10-7-11-19-25)41-37(47)33(43-36(46)30(17-5-2)40-34(44)28(39)6-3)32(26-20-12-8-13-21-26)27-22-14-9-15-23-27;/h8-9,12-15,20-23,25,28-33,39H,4-7,10-11,16-19,24H2,1-3H3,(H,40,44)(H,41,47)(H,42,45)(H,43,46)(H,48,49);/q-1;. The second kappa shape index (κ2) is 22.9. The Bertz CT molecular complexity index is 1320. The molecule has 1 saturated carbocycles. The Balaban J connectivity index is 0.00000867. The molecule has 1 radical (unpaired) electrons. The number of amides is 4. The third kappa shape index (κ3) is 13.4. The van der Waals surface area contributed by atoms with E-state index in [1.54, 1.807) is 6.92 Å². The predicted octanol–water partition coefficient (Wildman–Crippen LogP) is 5.24. The van der Waals surface area contributed by atoms with E-state index in [-0.39, 0.29) is 62.8 Å². The first-order valence-corrected chi connectivity index (χ1v) is 17.8. The Morgan fingerprint density at radius 1 is 0.680 bits per heavy atom. The molecule has 0 aliphatic heterocycles. The van der Waals surface area contributed by atoms with Crippen molar-refractivity contribution in [3.05, 3.63) is 77.5 Å². The SMILES string of the molecule is CCCC(NC(=O)C([NH-])CC)C(=O)NC(C(=O)NC(CCC)C(=O)NC(CC1CCCCC1)C(=O)O)C(c1ccccc1)c1ccccc1.[Ac]. The largest absolute Gasteiger partial charge is 0.667 e. The number of carbonyl (C=O) groups excluding carboxylic acids is 4. The molecular formula is C38H54AcN5O6-. The van der Waals surface area contributed by atoms with Gasteiger partial charge in [0, 0.05) is 50.0 Å². The zero-order chi connectivity index (χ0) is 35.8. The summed E-state index contributed by atoms with van der Waals surface area (Å²) in [7, 11) is 0. The van der Waals surface area contributed by atoms with E-state index in [2.05, 4.69) is 21.3 Å². The van der Waals surface area contributed by atoms with Crippen LogP contribution in [0.1, 0.15) is 108 Å². The number of nitrogens with one attached hydrogen (secondary N) is 5. The number of rotatable bonds is 19. The second-order valence-corrected chi connectivity index (χ2v) is 13.1. The topological polar surface area (TPSA) is 177 Å². The van der Waals surface area contributed by atoms with Gasteiger partial charge in [0.1, 0.15) is 24.2 Å². The molecule has 1 fully saturated rings. The quantitative estimate of drug-likeness (QED) is 0.129. The first-order chi connectivity index (χ1) is 23.6. The molecule has 5 atom stereocenters. The van der Waals surface area contributed by atoms with Gasteiger partial charge in [-0.3, -0.25) is 19.2 Å². The molecule has 50 heavy (non-hydrogen) atoms. The molecule has 11 nitrogen and oxygen atoms in total. The summed E-state index contributed by atoms with van der Waals surface area (Å²) < 4.78 is 0. The molecule has 4 amide bonds. The Labute approximate surface area is 332 Å². The fourth-order valence-electron chi connectivity index (χ4n) is 6.54. The van der Waals surface area contributed by atoms with E-state index in [1.165, 1.54) is 0 Å². The maximum Gasteiger partial charge on any atom is 0.326 e. The summed E-state index contributed by atoms with van der Waals surface area (Å²) in [6.45, 7) is 5.46. The molecule has 3 rings (SSSR count). The number of benzene rings is 2. The van der Waals surface area contributed by atoms with Crippen molar-refractivity contribution in [2.75, 3.05) is 0 Å². The van der Waals surface area contributed by atoms with E-state index in [1.807, 2.05) is 74.5 Å². The van der Waals surface area contributed by atoms with Crippen LogP contribution in [-0.2, 0) is 24.0 Å². The molecule has 6 N–H and O–H groups in total. The van der Waals surface area contributed by atoms with Crippen LogP contribution in [0.2, 0.25) is 0 Å². The minimum atomic E-state index is -1.21. The molecule has 5 unspecified atom stereocenters. The van der Waals surface area contributed by atoms with Gasteiger partial charge in [-0.25, -0.2) is 4.79 Å². The number of carboxylic acids is 1. The maximum absolute atomic E-state index is 14.4. The van der Waals surface area contributed by atoms with Crippen molar-refractivity contribution >= 4 is 29.6 Å². The van der Waals surface area contributed by atoms with Crippen LogP contribution < -0.4 is 21.3 Å². The summed E-state index contributed by atoms with van der Waals surface area (Å²) in [5.74, 6) is -3.92. The third-order valence-electron chi connectivity index (χ3n) is 9.28. The molecule has 1 aliphatic carbocycles. The summed E-state index contributed by atoms with van der Waals surface area (Å²) in [6.07, 6.45) is 7.34. The van der Waals surface area contributed by atoms with Crippen LogP contribution in [-0.4, -0.2) is 64.9 Å². The molecule has 0 saturated heterocycles. The predicted molar refractivity (Wildman–Crippen MR) is 189 cm³/mol. The Morgan fingerprint density at radius 2 is 1.14 bits per heavy atom. The molecule has 0 heterocycles. The van der Waals surface area contributed by atoms with Crippen LogP contribution in [0.5, 0.6) is 0 Å². The van der Waals surface area contributed by atoms with Gasteiger partial charge < -0.3 is 32.1 Å². The van der Waals surface area contributed by atoms with Crippen LogP contribution in [0.25, 0.3) is 5.73 Å². The summed E-state index contributed by atoms with van der Waals surface area (Å²) in [5, 5.41) is 21.1. The summed E-state index contributed by atoms with van der Waals surface area (Å²) in [4.78, 5) is 66.8. The third-order valence-corrected chi connectivity index (χ3v) is 9.28. The fourth-order valence-corrected chi connectivity index (χ4v) is 6.54. The van der Waals surface area contributed by atoms with Gasteiger partial charge in [-0.05, 0) is 36.3 Å². The van der Waals surface area contributed by atoms with E-state index in [0.717, 1.165) is 43.2 Å². The van der Waals surface area contributed by atoms with Crippen molar-refractivity contribution in [2.45, 2.75) is 128 Å². The zero-order valence-corrected chi connectivity index (χ0v) is 34.4. The molecule has 0 aromatic heterocycles. The van der Waals surface area contributed by atoms with E-state index < -0.39 is 65.7 Å². The molecule has 2 aromatic carbocycles. The number of carbonyl (C=O) groups is 5. The molecule has 12 heteroatoms. The molecule has 2 aromatic rings. The van der Waals surface area contributed by atoms with Gasteiger partial charge >= 0.3 is 5.97 Å². The van der Waals surface area contributed by atoms with Gasteiger partial charge in [-0.2, -0.15) is 0 Å². The summed E-state index contributed by atoms with van der Waals surface area (Å²) in [5.41, 5.74) is 9.51. The van der Waals surface area contributed by atoms with E-state index >= 15 is 0 Å². The van der Waals surface area contributed by atoms with Crippen LogP contribution in [0, 0.1) is 50.0 Å². The monoisotopic (exact) mass is 903 g/mol. The van der Waals surface area contributed by atoms with Gasteiger partial charge in [0.25, 0.3) is 0 Å². The number of carboxylic acid groups (broad SMARTS) is 1. The summed E-state index contributed by atoms with van der Waals surface area (Å²) >= 11 is 0.